The van der Waals surface area contributed by atoms with E-state index >= 15 is 0 Å². The number of esters is 1. The van der Waals surface area contributed by atoms with Crippen LogP contribution < -0.4 is 0 Å². The summed E-state index contributed by atoms with van der Waals surface area (Å²) in [5.41, 5.74) is 3.36. The molecule has 0 bridgehead atoms. The smallest absolute Gasteiger partial charge is 0.358 e. The number of hydrogen-bond donors (Lipinski definition) is 0. The van der Waals surface area contributed by atoms with Crippen LogP contribution in [0.5, 0.6) is 0 Å². The molecule has 0 aliphatic heterocycles. The molecule has 0 spiro atoms. The Hall–Kier alpha value is -1.62. The Morgan fingerprint density at radius 2 is 2.05 bits per heavy atom. The van der Waals surface area contributed by atoms with Gasteiger partial charge in [-0.3, -0.25) is 0 Å². The number of benzene rings is 1. The molecule has 0 fully saturated rings. The molecule has 0 aliphatic rings. The van der Waals surface area contributed by atoms with Crippen LogP contribution in [0.15, 0.2) is 30.3 Å². The molecule has 2 rings (SSSR count). The first-order chi connectivity index (χ1) is 9.15. The number of carbonyl (C=O) groups excluding carboxylic acids is 1. The van der Waals surface area contributed by atoms with Gasteiger partial charge in [-0.15, -0.1) is 0 Å². The lowest BCUT2D eigenvalue weighted by atomic mass is 10.2. The van der Waals surface area contributed by atoms with Gasteiger partial charge in [0.25, 0.3) is 0 Å². The van der Waals surface area contributed by atoms with Crippen molar-refractivity contribution >= 4 is 21.9 Å². The molecule has 0 atom stereocenters. The molecule has 0 radical (unpaired) electrons. The van der Waals surface area contributed by atoms with Crippen LogP contribution in [0.3, 0.4) is 0 Å². The van der Waals surface area contributed by atoms with E-state index in [0.717, 1.165) is 16.7 Å². The first-order valence-electron chi connectivity index (χ1n) is 6.04. The van der Waals surface area contributed by atoms with Crippen LogP contribution in [-0.2, 0) is 10.1 Å². The Morgan fingerprint density at radius 1 is 1.37 bits per heavy atom. The predicted octanol–water partition coefficient (Wildman–Crippen LogP) is 3.25. The number of hydrogen-bond acceptors (Lipinski definition) is 3. The zero-order chi connectivity index (χ0) is 13.8. The fourth-order valence-corrected chi connectivity index (χ4v) is 2.14. The summed E-state index contributed by atoms with van der Waals surface area (Å²) < 4.78 is 6.69. The first-order valence-corrected chi connectivity index (χ1v) is 7.17. The molecule has 4 nitrogen and oxygen atoms in total. The fraction of sp³-hybridized carbons (Fsp3) is 0.286. The number of rotatable bonds is 4. The van der Waals surface area contributed by atoms with Crippen molar-refractivity contribution in [1.82, 2.24) is 9.78 Å². The Bertz CT molecular complexity index is 576. The highest BCUT2D eigenvalue weighted by Crippen LogP contribution is 2.15. The summed E-state index contributed by atoms with van der Waals surface area (Å²) in [6, 6.07) is 9.73. The monoisotopic (exact) mass is 322 g/mol. The van der Waals surface area contributed by atoms with Crippen LogP contribution >= 0.6 is 15.9 Å². The largest absolute Gasteiger partial charge is 0.461 e. The van der Waals surface area contributed by atoms with Gasteiger partial charge in [0.2, 0.25) is 0 Å². The van der Waals surface area contributed by atoms with Crippen molar-refractivity contribution in [1.29, 1.82) is 0 Å². The highest BCUT2D eigenvalue weighted by Gasteiger charge is 2.13. The number of aromatic nitrogens is 2. The minimum absolute atomic E-state index is 0.337. The first kappa shape index (κ1) is 13.8. The third kappa shape index (κ3) is 3.04. The van der Waals surface area contributed by atoms with Gasteiger partial charge in [-0.1, -0.05) is 28.1 Å². The van der Waals surface area contributed by atoms with Gasteiger partial charge in [-0.05, 0) is 37.6 Å². The van der Waals surface area contributed by atoms with Crippen molar-refractivity contribution in [3.05, 3.63) is 47.3 Å². The Labute approximate surface area is 120 Å². The topological polar surface area (TPSA) is 44.1 Å². The van der Waals surface area contributed by atoms with Crippen molar-refractivity contribution in [2.75, 3.05) is 6.61 Å². The third-order valence-electron chi connectivity index (χ3n) is 2.71. The van der Waals surface area contributed by atoms with Gasteiger partial charge in [0.15, 0.2) is 5.69 Å². The molecule has 100 valence electrons. The second-order valence-corrected chi connectivity index (χ2v) is 4.66. The summed E-state index contributed by atoms with van der Waals surface area (Å²) >= 11 is 3.41. The molecule has 0 saturated heterocycles. The quantitative estimate of drug-likeness (QED) is 0.641. The average molecular weight is 323 g/mol. The molecule has 19 heavy (non-hydrogen) atoms. The minimum atomic E-state index is -0.388. The van der Waals surface area contributed by atoms with Crippen molar-refractivity contribution in [3.8, 4) is 5.69 Å². The third-order valence-corrected chi connectivity index (χ3v) is 3.35. The number of alkyl halides is 1. The Kier molecular flexibility index (Phi) is 4.37. The molecule has 5 heteroatoms. The summed E-state index contributed by atoms with van der Waals surface area (Å²) in [5, 5.41) is 5.10. The molecule has 2 aromatic rings. The summed E-state index contributed by atoms with van der Waals surface area (Å²) in [4.78, 5) is 11.6. The average Bonchev–Trinajstić information content (AvgIpc) is 2.81. The van der Waals surface area contributed by atoms with Crippen LogP contribution in [0.2, 0.25) is 0 Å². The van der Waals surface area contributed by atoms with Crippen LogP contribution in [0.25, 0.3) is 5.69 Å². The number of ether oxygens (including phenoxy) is 1. The maximum absolute atomic E-state index is 11.6. The van der Waals surface area contributed by atoms with E-state index in [4.69, 9.17) is 4.74 Å². The molecule has 0 amide bonds. The van der Waals surface area contributed by atoms with Gasteiger partial charge in [0, 0.05) is 11.0 Å². The van der Waals surface area contributed by atoms with E-state index in [1.807, 2.05) is 31.2 Å². The molecule has 0 saturated carbocycles. The summed E-state index contributed by atoms with van der Waals surface area (Å²) in [6.07, 6.45) is 0. The van der Waals surface area contributed by atoms with Crippen molar-refractivity contribution in [3.63, 3.8) is 0 Å². The molecule has 0 aliphatic carbocycles. The van der Waals surface area contributed by atoms with Gasteiger partial charge in [0.05, 0.1) is 12.3 Å². The molecular formula is C14H15BrN2O2. The molecule has 0 N–H and O–H groups in total. The Balaban J connectivity index is 2.31. The second kappa shape index (κ2) is 6.02. The lowest BCUT2D eigenvalue weighted by molar-refractivity contribution is 0.0519. The maximum atomic E-state index is 11.6. The van der Waals surface area contributed by atoms with Gasteiger partial charge < -0.3 is 4.74 Å². The van der Waals surface area contributed by atoms with Gasteiger partial charge >= 0.3 is 5.97 Å². The normalized spacial score (nSPS) is 10.5. The molecule has 0 unspecified atom stereocenters. The van der Waals surface area contributed by atoms with Crippen LogP contribution in [0, 0.1) is 6.92 Å². The van der Waals surface area contributed by atoms with Gasteiger partial charge in [0.1, 0.15) is 0 Å². The maximum Gasteiger partial charge on any atom is 0.358 e. The van der Waals surface area contributed by atoms with E-state index < -0.39 is 0 Å². The van der Waals surface area contributed by atoms with Crippen molar-refractivity contribution in [2.24, 2.45) is 0 Å². The van der Waals surface area contributed by atoms with Crippen LogP contribution in [0.1, 0.15) is 28.7 Å². The van der Waals surface area contributed by atoms with Crippen molar-refractivity contribution in [2.45, 2.75) is 19.2 Å². The lowest BCUT2D eigenvalue weighted by Crippen LogP contribution is -2.06. The number of nitrogens with zero attached hydrogens (tertiary/aromatic N) is 2. The summed E-state index contributed by atoms with van der Waals surface area (Å²) in [7, 11) is 0. The second-order valence-electron chi connectivity index (χ2n) is 4.10. The van der Waals surface area contributed by atoms with Crippen LogP contribution in [0.4, 0.5) is 0 Å². The van der Waals surface area contributed by atoms with Crippen LogP contribution in [-0.4, -0.2) is 22.4 Å². The van der Waals surface area contributed by atoms with E-state index in [2.05, 4.69) is 21.0 Å². The molecule has 1 heterocycles. The van der Waals surface area contributed by atoms with E-state index in [1.165, 1.54) is 5.56 Å². The van der Waals surface area contributed by atoms with E-state index in [9.17, 15) is 4.79 Å². The highest BCUT2D eigenvalue weighted by atomic mass is 79.9. The highest BCUT2D eigenvalue weighted by molar-refractivity contribution is 9.08. The summed E-state index contributed by atoms with van der Waals surface area (Å²) in [6.45, 7) is 4.04. The zero-order valence-electron chi connectivity index (χ0n) is 10.9. The van der Waals surface area contributed by atoms with E-state index in [0.29, 0.717) is 12.3 Å². The van der Waals surface area contributed by atoms with E-state index in [1.54, 1.807) is 17.7 Å². The standard InChI is InChI=1S/C14H15BrN2O2/c1-3-19-14(18)13-8-10(2)17(16-13)12-6-4-11(9-15)5-7-12/h4-8H,3,9H2,1-2H3. The number of carbonyl (C=O) groups is 1. The predicted molar refractivity (Wildman–Crippen MR) is 76.9 cm³/mol. The lowest BCUT2D eigenvalue weighted by Gasteiger charge is -2.04. The minimum Gasteiger partial charge on any atom is -0.461 e. The molecule has 1 aromatic carbocycles. The van der Waals surface area contributed by atoms with Gasteiger partial charge in [-0.2, -0.15) is 5.10 Å². The van der Waals surface area contributed by atoms with E-state index in [-0.39, 0.29) is 5.97 Å². The SMILES string of the molecule is CCOC(=O)c1cc(C)n(-c2ccc(CBr)cc2)n1. The number of aryl methyl sites for hydroxylation is 1. The summed E-state index contributed by atoms with van der Waals surface area (Å²) in [5.74, 6) is -0.388. The zero-order valence-corrected chi connectivity index (χ0v) is 12.5. The molecular weight excluding hydrogens is 308 g/mol. The van der Waals surface area contributed by atoms with Gasteiger partial charge in [-0.25, -0.2) is 9.48 Å². The van der Waals surface area contributed by atoms with Crippen molar-refractivity contribution < 1.29 is 9.53 Å². The fourth-order valence-electron chi connectivity index (χ4n) is 1.77. The number of halogens is 1. The Morgan fingerprint density at radius 3 is 2.63 bits per heavy atom. The molecule has 1 aromatic heterocycles.